The number of carbonyl (C=O) groups excluding carboxylic acids is 1. The van der Waals surface area contributed by atoms with Gasteiger partial charge in [0, 0.05) is 11.4 Å². The van der Waals surface area contributed by atoms with Crippen molar-refractivity contribution in [2.24, 2.45) is 0 Å². The van der Waals surface area contributed by atoms with E-state index in [0.29, 0.717) is 13.1 Å². The van der Waals surface area contributed by atoms with Crippen LogP contribution in [0.5, 0.6) is 0 Å². The van der Waals surface area contributed by atoms with Crippen molar-refractivity contribution in [3.63, 3.8) is 0 Å². The van der Waals surface area contributed by atoms with E-state index >= 15 is 0 Å². The molecule has 1 atom stereocenters. The van der Waals surface area contributed by atoms with Crippen LogP contribution in [0.15, 0.2) is 17.5 Å². The summed E-state index contributed by atoms with van der Waals surface area (Å²) in [6.45, 7) is 3.84. The van der Waals surface area contributed by atoms with Gasteiger partial charge < -0.3 is 15.5 Å². The Morgan fingerprint density at radius 1 is 1.53 bits per heavy atom. The number of nitrogens with one attached hydrogen (secondary N) is 2. The number of hydrogen-bond acceptors (Lipinski definition) is 4. The highest BCUT2D eigenvalue weighted by Gasteiger charge is 2.15. The van der Waals surface area contributed by atoms with E-state index in [1.165, 1.54) is 4.88 Å². The first-order valence-electron chi connectivity index (χ1n) is 5.82. The first-order valence-corrected chi connectivity index (χ1v) is 6.70. The van der Waals surface area contributed by atoms with Crippen molar-refractivity contribution < 1.29 is 4.79 Å². The molecule has 0 radical (unpaired) electrons. The van der Waals surface area contributed by atoms with Crippen molar-refractivity contribution in [2.45, 2.75) is 13.0 Å². The molecule has 0 fully saturated rings. The van der Waals surface area contributed by atoms with Gasteiger partial charge in [-0.25, -0.2) is 0 Å². The Morgan fingerprint density at radius 3 is 2.82 bits per heavy atom. The molecule has 5 heteroatoms. The van der Waals surface area contributed by atoms with Gasteiger partial charge >= 0.3 is 0 Å². The topological polar surface area (TPSA) is 44.4 Å². The number of carbonyl (C=O) groups is 1. The summed E-state index contributed by atoms with van der Waals surface area (Å²) in [4.78, 5) is 14.9. The zero-order valence-corrected chi connectivity index (χ0v) is 11.5. The summed E-state index contributed by atoms with van der Waals surface area (Å²) in [6, 6.07) is 4.39. The third-order valence-corrected chi connectivity index (χ3v) is 3.50. The highest BCUT2D eigenvalue weighted by molar-refractivity contribution is 7.10. The molecule has 96 valence electrons. The van der Waals surface area contributed by atoms with Crippen molar-refractivity contribution in [3.05, 3.63) is 22.4 Å². The van der Waals surface area contributed by atoms with E-state index in [9.17, 15) is 4.79 Å². The van der Waals surface area contributed by atoms with Crippen LogP contribution in [0.1, 0.15) is 17.8 Å². The second-order valence-corrected chi connectivity index (χ2v) is 5.06. The van der Waals surface area contributed by atoms with Gasteiger partial charge in [0.05, 0.1) is 12.6 Å². The number of likely N-dealkylation sites (N-methyl/N-ethyl adjacent to an activating group) is 2. The van der Waals surface area contributed by atoms with Gasteiger partial charge in [-0.3, -0.25) is 4.79 Å². The zero-order chi connectivity index (χ0) is 12.7. The van der Waals surface area contributed by atoms with Crippen LogP contribution in [0.4, 0.5) is 0 Å². The predicted octanol–water partition coefficient (Wildman–Crippen LogP) is 1.08. The molecular formula is C12H21N3OS. The molecule has 0 aromatic carbocycles. The minimum absolute atomic E-state index is 0.0512. The molecule has 0 aliphatic heterocycles. The number of thiophene rings is 1. The minimum Gasteiger partial charge on any atom is -0.353 e. The molecule has 17 heavy (non-hydrogen) atoms. The van der Waals surface area contributed by atoms with Crippen molar-refractivity contribution in [3.8, 4) is 0 Å². The van der Waals surface area contributed by atoms with Crippen molar-refractivity contribution >= 4 is 17.2 Å². The summed E-state index contributed by atoms with van der Waals surface area (Å²) < 4.78 is 0. The molecule has 0 saturated heterocycles. The maximum Gasteiger partial charge on any atom is 0.234 e. The molecule has 1 heterocycles. The average molecular weight is 255 g/mol. The number of amides is 1. The van der Waals surface area contributed by atoms with Gasteiger partial charge in [-0.2, -0.15) is 0 Å². The SMILES string of the molecule is CCNCC(=O)NCC(c1cccs1)N(C)C. The monoisotopic (exact) mass is 255 g/mol. The van der Waals surface area contributed by atoms with Gasteiger partial charge in [0.15, 0.2) is 0 Å². The van der Waals surface area contributed by atoms with Crippen LogP contribution in [0.2, 0.25) is 0 Å². The molecule has 0 aliphatic rings. The van der Waals surface area contributed by atoms with Crippen molar-refractivity contribution in [1.29, 1.82) is 0 Å². The fraction of sp³-hybridized carbons (Fsp3) is 0.583. The molecule has 1 aromatic heterocycles. The van der Waals surface area contributed by atoms with Crippen LogP contribution in [-0.4, -0.2) is 44.5 Å². The van der Waals surface area contributed by atoms with Crippen LogP contribution in [0.25, 0.3) is 0 Å². The van der Waals surface area contributed by atoms with Crippen molar-refractivity contribution in [2.75, 3.05) is 33.7 Å². The van der Waals surface area contributed by atoms with Gasteiger partial charge in [-0.1, -0.05) is 13.0 Å². The van der Waals surface area contributed by atoms with Gasteiger partial charge in [0.1, 0.15) is 0 Å². The summed E-state index contributed by atoms with van der Waals surface area (Å²) in [5, 5.41) is 8.03. The summed E-state index contributed by atoms with van der Waals surface area (Å²) in [6.07, 6.45) is 0. The number of rotatable bonds is 7. The van der Waals surface area contributed by atoms with Crippen LogP contribution >= 0.6 is 11.3 Å². The Kier molecular flexibility index (Phi) is 6.18. The molecule has 0 bridgehead atoms. The molecule has 1 amide bonds. The lowest BCUT2D eigenvalue weighted by molar-refractivity contribution is -0.120. The van der Waals surface area contributed by atoms with E-state index < -0.39 is 0 Å². The quantitative estimate of drug-likeness (QED) is 0.766. The summed E-state index contributed by atoms with van der Waals surface area (Å²) >= 11 is 1.72. The zero-order valence-electron chi connectivity index (χ0n) is 10.7. The predicted molar refractivity (Wildman–Crippen MR) is 72.3 cm³/mol. The van der Waals surface area contributed by atoms with E-state index in [1.54, 1.807) is 11.3 Å². The minimum atomic E-state index is 0.0512. The number of hydrogen-bond donors (Lipinski definition) is 2. The highest BCUT2D eigenvalue weighted by atomic mass is 32.1. The van der Waals surface area contributed by atoms with E-state index in [1.807, 2.05) is 27.1 Å². The molecule has 1 rings (SSSR count). The first kappa shape index (κ1) is 14.2. The first-order chi connectivity index (χ1) is 8.15. The molecule has 2 N–H and O–H groups in total. The standard InChI is InChI=1S/C12H21N3OS/c1-4-13-9-12(16)14-8-10(15(2)3)11-6-5-7-17-11/h5-7,10,13H,4,8-9H2,1-3H3,(H,14,16). The Bertz CT molecular complexity index is 325. The Balaban J connectivity index is 2.43. The van der Waals surface area contributed by atoms with Gasteiger partial charge in [-0.05, 0) is 32.1 Å². The summed E-state index contributed by atoms with van der Waals surface area (Å²) in [7, 11) is 4.06. The largest absolute Gasteiger partial charge is 0.353 e. The molecule has 1 aromatic rings. The molecule has 0 aliphatic carbocycles. The summed E-state index contributed by atoms with van der Waals surface area (Å²) in [5.41, 5.74) is 0. The molecule has 1 unspecified atom stereocenters. The van der Waals surface area contributed by atoms with Crippen LogP contribution in [0.3, 0.4) is 0 Å². The van der Waals surface area contributed by atoms with E-state index in [0.717, 1.165) is 6.54 Å². The Morgan fingerprint density at radius 2 is 2.29 bits per heavy atom. The van der Waals surface area contributed by atoms with E-state index in [4.69, 9.17) is 0 Å². The number of nitrogens with zero attached hydrogens (tertiary/aromatic N) is 1. The fourth-order valence-corrected chi connectivity index (χ4v) is 2.45. The van der Waals surface area contributed by atoms with Gasteiger partial charge in [0.25, 0.3) is 0 Å². The fourth-order valence-electron chi connectivity index (χ4n) is 1.53. The Hall–Kier alpha value is -0.910. The lowest BCUT2D eigenvalue weighted by Crippen LogP contribution is -2.38. The van der Waals surface area contributed by atoms with Crippen LogP contribution < -0.4 is 10.6 Å². The highest BCUT2D eigenvalue weighted by Crippen LogP contribution is 2.22. The Labute approximate surface area is 107 Å². The smallest absolute Gasteiger partial charge is 0.234 e. The van der Waals surface area contributed by atoms with Crippen molar-refractivity contribution in [1.82, 2.24) is 15.5 Å². The van der Waals surface area contributed by atoms with Gasteiger partial charge in [0.2, 0.25) is 5.91 Å². The second kappa shape index (κ2) is 7.42. The van der Waals surface area contributed by atoms with Crippen LogP contribution in [-0.2, 0) is 4.79 Å². The molecule has 0 saturated carbocycles. The van der Waals surface area contributed by atoms with E-state index in [-0.39, 0.29) is 11.9 Å². The lowest BCUT2D eigenvalue weighted by Gasteiger charge is -2.23. The summed E-state index contributed by atoms with van der Waals surface area (Å²) in [5.74, 6) is 0.0512. The second-order valence-electron chi connectivity index (χ2n) is 4.08. The molecular weight excluding hydrogens is 234 g/mol. The third-order valence-electron chi connectivity index (χ3n) is 2.52. The maximum absolute atomic E-state index is 11.5. The molecule has 0 spiro atoms. The third kappa shape index (κ3) is 4.85. The normalized spacial score (nSPS) is 12.7. The lowest BCUT2D eigenvalue weighted by atomic mass is 10.2. The van der Waals surface area contributed by atoms with E-state index in [2.05, 4.69) is 27.0 Å². The maximum atomic E-state index is 11.5. The molecule has 4 nitrogen and oxygen atoms in total. The average Bonchev–Trinajstić information content (AvgIpc) is 2.79. The van der Waals surface area contributed by atoms with Gasteiger partial charge in [-0.15, -0.1) is 11.3 Å². The van der Waals surface area contributed by atoms with Crippen LogP contribution in [0, 0.1) is 0 Å².